The van der Waals surface area contributed by atoms with Crippen molar-refractivity contribution in [1.29, 1.82) is 0 Å². The minimum atomic E-state index is -3.89. The Morgan fingerprint density at radius 3 is 2.52 bits per heavy atom. The fourth-order valence-electron chi connectivity index (χ4n) is 1.78. The number of aryl methyl sites for hydroxylation is 1. The van der Waals surface area contributed by atoms with E-state index in [1.165, 1.54) is 6.07 Å². The van der Waals surface area contributed by atoms with Gasteiger partial charge in [0.25, 0.3) is 0 Å². The number of halogens is 2. The van der Waals surface area contributed by atoms with Crippen molar-refractivity contribution in [3.05, 3.63) is 41.7 Å². The van der Waals surface area contributed by atoms with Gasteiger partial charge in [-0.1, -0.05) is 5.16 Å². The zero-order chi connectivity index (χ0) is 17.2. The monoisotopic (exact) mass is 345 g/mol. The number of hydrogen-bond acceptors (Lipinski definition) is 5. The second-order valence-corrected chi connectivity index (χ2v) is 6.65. The molecular weight excluding hydrogens is 332 g/mol. The largest absolute Gasteiger partial charge is 0.360 e. The molecule has 1 aromatic carbocycles. The lowest BCUT2D eigenvalue weighted by atomic mass is 10.3. The van der Waals surface area contributed by atoms with Crippen LogP contribution >= 0.6 is 0 Å². The summed E-state index contributed by atoms with van der Waals surface area (Å²) in [5.41, 5.74) is -0.169. The van der Waals surface area contributed by atoms with E-state index in [0.29, 0.717) is 16.1 Å². The first-order valence-electron chi connectivity index (χ1n) is 6.33. The quantitative estimate of drug-likeness (QED) is 0.890. The van der Waals surface area contributed by atoms with E-state index in [-0.39, 0.29) is 11.5 Å². The second-order valence-electron chi connectivity index (χ2n) is 4.74. The Morgan fingerprint density at radius 2 is 2.00 bits per heavy atom. The molecule has 0 saturated heterocycles. The third-order valence-electron chi connectivity index (χ3n) is 2.77. The number of carbonyl (C=O) groups excluding carboxylic acids is 1. The van der Waals surface area contributed by atoms with Gasteiger partial charge in [-0.25, -0.2) is 17.2 Å². The SMILES string of the molecule is Cc1cc(NC(=O)CN(c2ccc(F)c(F)c2)S(C)(=O)=O)no1. The Bertz CT molecular complexity index is 835. The predicted molar refractivity (Wildman–Crippen MR) is 78.4 cm³/mol. The maximum absolute atomic E-state index is 13.3. The Kier molecular flexibility index (Phi) is 4.64. The second kappa shape index (κ2) is 6.32. The average molecular weight is 345 g/mol. The van der Waals surface area contributed by atoms with Crippen LogP contribution in [0.4, 0.5) is 20.3 Å². The number of carbonyl (C=O) groups is 1. The molecule has 2 rings (SSSR count). The van der Waals surface area contributed by atoms with Gasteiger partial charge in [0, 0.05) is 12.1 Å². The van der Waals surface area contributed by atoms with Crippen molar-refractivity contribution in [2.24, 2.45) is 0 Å². The van der Waals surface area contributed by atoms with Crippen LogP contribution in [0.15, 0.2) is 28.8 Å². The summed E-state index contributed by atoms with van der Waals surface area (Å²) in [4.78, 5) is 11.9. The minimum absolute atomic E-state index is 0.117. The molecule has 0 atom stereocenters. The molecule has 124 valence electrons. The van der Waals surface area contributed by atoms with Crippen LogP contribution in [-0.4, -0.2) is 32.3 Å². The molecule has 23 heavy (non-hydrogen) atoms. The average Bonchev–Trinajstić information content (AvgIpc) is 2.83. The molecule has 2 aromatic rings. The molecule has 0 radical (unpaired) electrons. The summed E-state index contributed by atoms with van der Waals surface area (Å²) in [6.45, 7) is 0.989. The zero-order valence-electron chi connectivity index (χ0n) is 12.2. The van der Waals surface area contributed by atoms with Gasteiger partial charge in [0.15, 0.2) is 17.5 Å². The number of sulfonamides is 1. The van der Waals surface area contributed by atoms with Gasteiger partial charge in [0.05, 0.1) is 11.9 Å². The first-order chi connectivity index (χ1) is 10.7. The lowest BCUT2D eigenvalue weighted by Gasteiger charge is -2.21. The number of amides is 1. The molecule has 0 spiro atoms. The molecule has 1 heterocycles. The summed E-state index contributed by atoms with van der Waals surface area (Å²) in [7, 11) is -3.89. The first kappa shape index (κ1) is 16.9. The van der Waals surface area contributed by atoms with Crippen LogP contribution in [0.3, 0.4) is 0 Å². The Hall–Kier alpha value is -2.49. The van der Waals surface area contributed by atoms with Gasteiger partial charge < -0.3 is 9.84 Å². The van der Waals surface area contributed by atoms with Gasteiger partial charge in [-0.3, -0.25) is 9.10 Å². The molecule has 10 heteroatoms. The van der Waals surface area contributed by atoms with Gasteiger partial charge in [0.1, 0.15) is 12.3 Å². The van der Waals surface area contributed by atoms with Crippen LogP contribution in [-0.2, 0) is 14.8 Å². The van der Waals surface area contributed by atoms with Crippen LogP contribution in [0.5, 0.6) is 0 Å². The first-order valence-corrected chi connectivity index (χ1v) is 8.17. The highest BCUT2D eigenvalue weighted by molar-refractivity contribution is 7.92. The fraction of sp³-hybridized carbons (Fsp3) is 0.231. The van der Waals surface area contributed by atoms with Crippen LogP contribution < -0.4 is 9.62 Å². The topological polar surface area (TPSA) is 92.5 Å². The number of benzene rings is 1. The van der Waals surface area contributed by atoms with Crippen molar-refractivity contribution in [1.82, 2.24) is 5.16 Å². The minimum Gasteiger partial charge on any atom is -0.360 e. The maximum Gasteiger partial charge on any atom is 0.246 e. The molecule has 0 saturated carbocycles. The van der Waals surface area contributed by atoms with Crippen LogP contribution in [0.2, 0.25) is 0 Å². The molecule has 0 bridgehead atoms. The Labute approximate surface area is 130 Å². The summed E-state index contributed by atoms with van der Waals surface area (Å²) in [5.74, 6) is -2.48. The van der Waals surface area contributed by atoms with Crippen molar-refractivity contribution in [2.45, 2.75) is 6.92 Å². The summed E-state index contributed by atoms with van der Waals surface area (Å²) < 4.78 is 55.3. The smallest absolute Gasteiger partial charge is 0.246 e. The van der Waals surface area contributed by atoms with Crippen molar-refractivity contribution >= 4 is 27.4 Å². The van der Waals surface area contributed by atoms with Crippen molar-refractivity contribution < 1.29 is 26.5 Å². The van der Waals surface area contributed by atoms with E-state index in [1.54, 1.807) is 6.92 Å². The van der Waals surface area contributed by atoms with Gasteiger partial charge in [-0.05, 0) is 19.1 Å². The fourth-order valence-corrected chi connectivity index (χ4v) is 2.63. The molecule has 0 fully saturated rings. The Balaban J connectivity index is 2.22. The van der Waals surface area contributed by atoms with E-state index < -0.39 is 34.1 Å². The van der Waals surface area contributed by atoms with E-state index in [2.05, 4.69) is 10.5 Å². The van der Waals surface area contributed by atoms with E-state index in [9.17, 15) is 22.0 Å². The van der Waals surface area contributed by atoms with E-state index in [4.69, 9.17) is 4.52 Å². The maximum atomic E-state index is 13.3. The normalized spacial score (nSPS) is 11.3. The molecule has 0 aliphatic heterocycles. The summed E-state index contributed by atoms with van der Waals surface area (Å²) >= 11 is 0. The summed E-state index contributed by atoms with van der Waals surface area (Å²) in [6.07, 6.45) is 0.849. The van der Waals surface area contributed by atoms with E-state index in [0.717, 1.165) is 18.4 Å². The number of nitrogens with one attached hydrogen (secondary N) is 1. The van der Waals surface area contributed by atoms with E-state index in [1.807, 2.05) is 0 Å². The number of nitrogens with zero attached hydrogens (tertiary/aromatic N) is 2. The Morgan fingerprint density at radius 1 is 1.30 bits per heavy atom. The number of hydrogen-bond donors (Lipinski definition) is 1. The zero-order valence-corrected chi connectivity index (χ0v) is 13.0. The highest BCUT2D eigenvalue weighted by Gasteiger charge is 2.22. The molecule has 1 aromatic heterocycles. The lowest BCUT2D eigenvalue weighted by Crippen LogP contribution is -2.37. The number of rotatable bonds is 5. The molecule has 1 amide bonds. The number of anilines is 2. The van der Waals surface area contributed by atoms with Crippen LogP contribution in [0.1, 0.15) is 5.76 Å². The summed E-state index contributed by atoms with van der Waals surface area (Å²) in [5, 5.41) is 5.88. The molecular formula is C13H13F2N3O4S. The van der Waals surface area contributed by atoms with Crippen LogP contribution in [0.25, 0.3) is 0 Å². The van der Waals surface area contributed by atoms with Crippen molar-refractivity contribution in [2.75, 3.05) is 22.4 Å². The molecule has 1 N–H and O–H groups in total. The van der Waals surface area contributed by atoms with Crippen molar-refractivity contribution in [3.63, 3.8) is 0 Å². The van der Waals surface area contributed by atoms with Gasteiger partial charge in [-0.15, -0.1) is 0 Å². The molecule has 0 unspecified atom stereocenters. The number of aromatic nitrogens is 1. The third-order valence-corrected chi connectivity index (χ3v) is 3.91. The standard InChI is InChI=1S/C13H13F2N3O4S/c1-8-5-12(17-22-8)16-13(19)7-18(23(2,20)21)9-3-4-10(14)11(15)6-9/h3-6H,7H2,1-2H3,(H,16,17,19). The van der Waals surface area contributed by atoms with Crippen LogP contribution in [0, 0.1) is 18.6 Å². The van der Waals surface area contributed by atoms with Gasteiger partial charge >= 0.3 is 0 Å². The molecule has 0 aliphatic carbocycles. The third kappa shape index (κ3) is 4.25. The van der Waals surface area contributed by atoms with Gasteiger partial charge in [-0.2, -0.15) is 0 Å². The highest BCUT2D eigenvalue weighted by Crippen LogP contribution is 2.20. The molecule has 0 aliphatic rings. The highest BCUT2D eigenvalue weighted by atomic mass is 32.2. The van der Waals surface area contributed by atoms with Crippen molar-refractivity contribution in [3.8, 4) is 0 Å². The van der Waals surface area contributed by atoms with E-state index >= 15 is 0 Å². The lowest BCUT2D eigenvalue weighted by molar-refractivity contribution is -0.114. The molecule has 7 nitrogen and oxygen atoms in total. The predicted octanol–water partition coefficient (Wildman–Crippen LogP) is 1.67. The summed E-state index contributed by atoms with van der Waals surface area (Å²) in [6, 6.07) is 3.99. The van der Waals surface area contributed by atoms with Gasteiger partial charge in [0.2, 0.25) is 15.9 Å².